The van der Waals surface area contributed by atoms with E-state index in [1.165, 1.54) is 0 Å². The Morgan fingerprint density at radius 1 is 0.545 bits per heavy atom. The Bertz CT molecular complexity index is 1070. The number of unbranched alkanes of at least 4 members (excludes halogenated alkanes) is 5. The van der Waals surface area contributed by atoms with Gasteiger partial charge in [-0.3, -0.25) is 9.59 Å². The summed E-state index contributed by atoms with van der Waals surface area (Å²) < 4.78 is 34.7. The van der Waals surface area contributed by atoms with Crippen LogP contribution in [-0.4, -0.2) is 109 Å². The topological polar surface area (TPSA) is 154 Å². The molecular weight excluding hydrogens is 704 g/mol. The van der Waals surface area contributed by atoms with Gasteiger partial charge >= 0.3 is 11.9 Å². The predicted molar refractivity (Wildman–Crippen MR) is 213 cm³/mol. The van der Waals surface area contributed by atoms with Crippen LogP contribution in [0.3, 0.4) is 0 Å². The molecule has 0 aromatic heterocycles. The third-order valence-corrected chi connectivity index (χ3v) is 11.2. The molecule has 0 aliphatic carbocycles. The first-order valence-electron chi connectivity index (χ1n) is 21.0. The molecule has 0 aromatic rings. The van der Waals surface area contributed by atoms with Gasteiger partial charge in [0.25, 0.3) is 0 Å². The lowest BCUT2D eigenvalue weighted by Crippen LogP contribution is -2.59. The van der Waals surface area contributed by atoms with E-state index in [9.17, 15) is 19.8 Å². The van der Waals surface area contributed by atoms with Crippen molar-refractivity contribution in [1.82, 2.24) is 10.6 Å². The Hall–Kier alpha value is -1.38. The molecule has 12 nitrogen and oxygen atoms in total. The van der Waals surface area contributed by atoms with Crippen LogP contribution in [0.4, 0.5) is 0 Å². The van der Waals surface area contributed by atoms with Crippen molar-refractivity contribution in [3.05, 3.63) is 0 Å². The van der Waals surface area contributed by atoms with Gasteiger partial charge in [-0.25, -0.2) is 0 Å². The van der Waals surface area contributed by atoms with E-state index in [4.69, 9.17) is 28.4 Å². The van der Waals surface area contributed by atoms with Gasteiger partial charge in [0.2, 0.25) is 0 Å². The van der Waals surface area contributed by atoms with Gasteiger partial charge in [0.15, 0.2) is 12.6 Å². The van der Waals surface area contributed by atoms with Crippen LogP contribution < -0.4 is 10.6 Å². The third-order valence-electron chi connectivity index (χ3n) is 11.2. The number of carbonyl (C=O) groups excluding carboxylic acids is 2. The Balaban J connectivity index is 0.000000330. The molecule has 0 aromatic carbocycles. The SMILES string of the molecule is CC(C)(CO)C1OCC2(CO1)COC(C(C)(C)CO)OC2.CC1(C)CC(OC(=O)CCCCCCCCC(=O)OC2CC(C)(C)NC(C)(C)C2)CC(C)(C)N1. The van der Waals surface area contributed by atoms with E-state index >= 15 is 0 Å². The second-order valence-corrected chi connectivity index (χ2v) is 21.1. The first kappa shape index (κ1) is 48.0. The van der Waals surface area contributed by atoms with Crippen molar-refractivity contribution in [2.75, 3.05) is 39.6 Å². The molecule has 4 saturated heterocycles. The third kappa shape index (κ3) is 16.1. The van der Waals surface area contributed by atoms with Crippen LogP contribution in [0.1, 0.15) is 160 Å². The molecule has 4 aliphatic rings. The molecule has 1 spiro atoms. The minimum Gasteiger partial charge on any atom is -0.462 e. The molecule has 0 amide bonds. The number of ether oxygens (including phenoxy) is 6. The van der Waals surface area contributed by atoms with Crippen molar-refractivity contribution < 1.29 is 48.2 Å². The lowest BCUT2D eigenvalue weighted by molar-refractivity contribution is -0.337. The van der Waals surface area contributed by atoms with Gasteiger partial charge in [0, 0.05) is 71.5 Å². The zero-order valence-electron chi connectivity index (χ0n) is 36.7. The highest BCUT2D eigenvalue weighted by Crippen LogP contribution is 2.38. The molecule has 0 bridgehead atoms. The van der Waals surface area contributed by atoms with Crippen LogP contribution in [0, 0.1) is 16.2 Å². The fraction of sp³-hybridized carbons (Fsp3) is 0.953. The van der Waals surface area contributed by atoms with Crippen LogP contribution >= 0.6 is 0 Å². The smallest absolute Gasteiger partial charge is 0.306 e. The lowest BCUT2D eigenvalue weighted by atomic mass is 9.81. The highest BCUT2D eigenvalue weighted by Gasteiger charge is 2.47. The summed E-state index contributed by atoms with van der Waals surface area (Å²) in [6.07, 6.45) is 9.59. The zero-order chi connectivity index (χ0) is 41.3. The number of hydrogen-bond acceptors (Lipinski definition) is 12. The van der Waals surface area contributed by atoms with Crippen molar-refractivity contribution in [3.63, 3.8) is 0 Å². The summed E-state index contributed by atoms with van der Waals surface area (Å²) in [7, 11) is 0. The number of aliphatic hydroxyl groups excluding tert-OH is 2. The summed E-state index contributed by atoms with van der Waals surface area (Å²) in [5.74, 6) is -0.129. The summed E-state index contributed by atoms with van der Waals surface area (Å²) >= 11 is 0. The fourth-order valence-corrected chi connectivity index (χ4v) is 8.77. The maximum absolute atomic E-state index is 12.3. The van der Waals surface area contributed by atoms with Crippen molar-refractivity contribution >= 4 is 11.9 Å². The Morgan fingerprint density at radius 3 is 1.09 bits per heavy atom. The number of carbonyl (C=O) groups is 2. The molecule has 0 unspecified atom stereocenters. The average Bonchev–Trinajstić information content (AvgIpc) is 3.03. The molecule has 4 N–H and O–H groups in total. The maximum Gasteiger partial charge on any atom is 0.306 e. The highest BCUT2D eigenvalue weighted by molar-refractivity contribution is 5.70. The molecule has 4 rings (SSSR count). The molecule has 55 heavy (non-hydrogen) atoms. The van der Waals surface area contributed by atoms with Crippen LogP contribution in [0.2, 0.25) is 0 Å². The molecule has 322 valence electrons. The fourth-order valence-electron chi connectivity index (χ4n) is 8.77. The van der Waals surface area contributed by atoms with Crippen LogP contribution in [0.15, 0.2) is 0 Å². The zero-order valence-corrected chi connectivity index (χ0v) is 36.7. The van der Waals surface area contributed by atoms with Gasteiger partial charge in [-0.1, -0.05) is 53.4 Å². The predicted octanol–water partition coefficient (Wildman–Crippen LogP) is 6.57. The lowest BCUT2D eigenvalue weighted by Gasteiger charge is -2.48. The number of rotatable bonds is 15. The number of hydrogen-bond donors (Lipinski definition) is 4. The summed E-state index contributed by atoms with van der Waals surface area (Å²) in [6, 6.07) is 0. The van der Waals surface area contributed by atoms with Gasteiger partial charge in [0.1, 0.15) is 12.2 Å². The minimum atomic E-state index is -0.431. The van der Waals surface area contributed by atoms with E-state index in [1.807, 2.05) is 27.7 Å². The van der Waals surface area contributed by atoms with Crippen LogP contribution in [-0.2, 0) is 38.0 Å². The second kappa shape index (κ2) is 19.6. The standard InChI is InChI=1S/C28H52N2O4.C15H28O6/c1-25(2)17-21(18-26(3,4)29-25)33-23(31)15-13-11-9-10-12-14-16-24(32)34-22-19-27(5,6)30-28(7,8)20-22;1-13(2,5-16)11-18-7-15(8-19-11)9-20-12(21-10-15)14(3,4)6-17/h21-22,29-30H,9-20H2,1-8H3;11-12,16-17H,5-10H2,1-4H3. The van der Waals surface area contributed by atoms with Gasteiger partial charge in [0.05, 0.1) is 45.1 Å². The van der Waals surface area contributed by atoms with Crippen molar-refractivity contribution in [2.45, 2.75) is 207 Å². The number of nitrogens with one attached hydrogen (secondary N) is 2. The maximum atomic E-state index is 12.3. The minimum absolute atomic E-state index is 0.000484. The molecule has 0 saturated carbocycles. The summed E-state index contributed by atoms with van der Waals surface area (Å²) in [6.45, 7) is 26.9. The van der Waals surface area contributed by atoms with E-state index in [1.54, 1.807) is 0 Å². The number of aliphatic hydroxyl groups is 2. The van der Waals surface area contributed by atoms with Gasteiger partial charge in [-0.05, 0) is 68.2 Å². The van der Waals surface area contributed by atoms with Gasteiger partial charge in [-0.2, -0.15) is 0 Å². The average molecular weight is 785 g/mol. The molecule has 4 fully saturated rings. The van der Waals surface area contributed by atoms with E-state index in [0.717, 1.165) is 64.2 Å². The molecule has 4 heterocycles. The van der Waals surface area contributed by atoms with E-state index in [2.05, 4.69) is 66.0 Å². The van der Waals surface area contributed by atoms with Gasteiger partial charge < -0.3 is 49.3 Å². The Morgan fingerprint density at radius 2 is 0.818 bits per heavy atom. The molecule has 0 atom stereocenters. The van der Waals surface area contributed by atoms with Crippen LogP contribution in [0.5, 0.6) is 0 Å². The van der Waals surface area contributed by atoms with Crippen molar-refractivity contribution in [2.24, 2.45) is 16.2 Å². The van der Waals surface area contributed by atoms with E-state index < -0.39 is 23.4 Å². The van der Waals surface area contributed by atoms with E-state index in [-0.39, 0.29) is 64.9 Å². The Labute approximate surface area is 333 Å². The monoisotopic (exact) mass is 785 g/mol. The molecule has 12 heteroatoms. The second-order valence-electron chi connectivity index (χ2n) is 21.1. The summed E-state index contributed by atoms with van der Waals surface area (Å²) in [5.41, 5.74) is -1.22. The van der Waals surface area contributed by atoms with Gasteiger partial charge in [-0.15, -0.1) is 0 Å². The summed E-state index contributed by atoms with van der Waals surface area (Å²) in [4.78, 5) is 24.6. The molecular formula is C43H80N2O10. The van der Waals surface area contributed by atoms with E-state index in [0.29, 0.717) is 39.3 Å². The largest absolute Gasteiger partial charge is 0.462 e. The number of piperidine rings is 2. The normalized spacial score (nSPS) is 28.2. The molecule has 0 radical (unpaired) electrons. The first-order chi connectivity index (χ1) is 25.3. The first-order valence-corrected chi connectivity index (χ1v) is 21.0. The van der Waals surface area contributed by atoms with Crippen molar-refractivity contribution in [3.8, 4) is 0 Å². The summed E-state index contributed by atoms with van der Waals surface area (Å²) in [5, 5.41) is 26.0. The molecule has 4 aliphatic heterocycles. The van der Waals surface area contributed by atoms with Crippen molar-refractivity contribution in [1.29, 1.82) is 0 Å². The number of esters is 2. The highest BCUT2D eigenvalue weighted by atomic mass is 16.7. The Kier molecular flexibility index (Phi) is 17.1. The van der Waals surface area contributed by atoms with Crippen LogP contribution in [0.25, 0.3) is 0 Å². The quantitative estimate of drug-likeness (QED) is 0.105.